The van der Waals surface area contributed by atoms with E-state index in [2.05, 4.69) is 10.6 Å². The summed E-state index contributed by atoms with van der Waals surface area (Å²) in [5, 5.41) is 6.08. The van der Waals surface area contributed by atoms with Crippen molar-refractivity contribution >= 4 is 5.91 Å². The first-order valence-corrected chi connectivity index (χ1v) is 5.96. The Bertz CT molecular complexity index is 211. The van der Waals surface area contributed by atoms with E-state index in [0.29, 0.717) is 13.2 Å². The standard InChI is InChI=1S/C11H20N2O2/c14-11(10-8-12-6-7-15-10)13-5-1-2-9-3-4-9/h9-10,12H,1-8H2,(H,13,14). The van der Waals surface area contributed by atoms with Crippen LogP contribution in [0.3, 0.4) is 0 Å². The quantitative estimate of drug-likeness (QED) is 0.644. The number of carbonyl (C=O) groups is 1. The Morgan fingerprint density at radius 2 is 2.33 bits per heavy atom. The minimum Gasteiger partial charge on any atom is -0.366 e. The van der Waals surface area contributed by atoms with Gasteiger partial charge < -0.3 is 15.4 Å². The van der Waals surface area contributed by atoms with Crippen molar-refractivity contribution in [1.82, 2.24) is 10.6 Å². The van der Waals surface area contributed by atoms with Gasteiger partial charge in [0.05, 0.1) is 6.61 Å². The van der Waals surface area contributed by atoms with Gasteiger partial charge in [0.2, 0.25) is 5.91 Å². The summed E-state index contributed by atoms with van der Waals surface area (Å²) in [6, 6.07) is 0. The first-order valence-electron chi connectivity index (χ1n) is 5.96. The lowest BCUT2D eigenvalue weighted by Crippen LogP contribution is -2.48. The highest BCUT2D eigenvalue weighted by Gasteiger charge is 2.22. The van der Waals surface area contributed by atoms with E-state index in [1.807, 2.05) is 0 Å². The van der Waals surface area contributed by atoms with Crippen molar-refractivity contribution in [2.24, 2.45) is 5.92 Å². The zero-order valence-corrected chi connectivity index (χ0v) is 9.13. The normalized spacial score (nSPS) is 26.3. The fourth-order valence-corrected chi connectivity index (χ4v) is 1.86. The van der Waals surface area contributed by atoms with Crippen LogP contribution in [-0.4, -0.2) is 38.3 Å². The lowest BCUT2D eigenvalue weighted by Gasteiger charge is -2.22. The Balaban J connectivity index is 1.54. The predicted molar refractivity (Wildman–Crippen MR) is 57.6 cm³/mol. The van der Waals surface area contributed by atoms with Crippen LogP contribution in [-0.2, 0) is 9.53 Å². The summed E-state index contributed by atoms with van der Waals surface area (Å²) in [6.07, 6.45) is 4.88. The molecule has 86 valence electrons. The molecule has 1 aliphatic heterocycles. The Morgan fingerprint density at radius 1 is 1.47 bits per heavy atom. The van der Waals surface area contributed by atoms with Gasteiger partial charge in [-0.3, -0.25) is 4.79 Å². The van der Waals surface area contributed by atoms with Crippen LogP contribution < -0.4 is 10.6 Å². The number of ether oxygens (including phenoxy) is 1. The summed E-state index contributed by atoms with van der Waals surface area (Å²) in [6.45, 7) is 2.94. The van der Waals surface area contributed by atoms with Gasteiger partial charge in [-0.1, -0.05) is 12.8 Å². The summed E-state index contributed by atoms with van der Waals surface area (Å²) in [7, 11) is 0. The minimum absolute atomic E-state index is 0.0398. The number of amides is 1. The molecule has 1 saturated heterocycles. The number of morpholine rings is 1. The van der Waals surface area contributed by atoms with Gasteiger partial charge in [0.1, 0.15) is 6.10 Å². The first kappa shape index (κ1) is 10.9. The van der Waals surface area contributed by atoms with Gasteiger partial charge >= 0.3 is 0 Å². The summed E-state index contributed by atoms with van der Waals surface area (Å²) < 4.78 is 5.36. The zero-order valence-electron chi connectivity index (χ0n) is 9.13. The topological polar surface area (TPSA) is 50.4 Å². The molecule has 0 bridgehead atoms. The van der Waals surface area contributed by atoms with Crippen LogP contribution in [0.2, 0.25) is 0 Å². The molecule has 15 heavy (non-hydrogen) atoms. The molecule has 1 amide bonds. The third kappa shape index (κ3) is 3.80. The molecule has 1 atom stereocenters. The van der Waals surface area contributed by atoms with Gasteiger partial charge in [-0.25, -0.2) is 0 Å². The monoisotopic (exact) mass is 212 g/mol. The maximum absolute atomic E-state index is 11.6. The molecule has 1 saturated carbocycles. The Kier molecular flexibility index (Phi) is 3.97. The maximum Gasteiger partial charge on any atom is 0.250 e. The average molecular weight is 212 g/mol. The van der Waals surface area contributed by atoms with Crippen LogP contribution >= 0.6 is 0 Å². The average Bonchev–Trinajstić information content (AvgIpc) is 3.09. The van der Waals surface area contributed by atoms with Gasteiger partial charge in [-0.05, 0) is 18.8 Å². The molecule has 4 nitrogen and oxygen atoms in total. The van der Waals surface area contributed by atoms with E-state index in [1.165, 1.54) is 19.3 Å². The first-order chi connectivity index (χ1) is 7.36. The molecule has 0 spiro atoms. The second-order valence-corrected chi connectivity index (χ2v) is 4.44. The molecule has 2 aliphatic rings. The van der Waals surface area contributed by atoms with Crippen LogP contribution in [0.15, 0.2) is 0 Å². The van der Waals surface area contributed by atoms with Crippen LogP contribution in [0, 0.1) is 5.92 Å². The molecular weight excluding hydrogens is 192 g/mol. The largest absolute Gasteiger partial charge is 0.366 e. The molecule has 0 radical (unpaired) electrons. The number of hydrogen-bond donors (Lipinski definition) is 2. The highest BCUT2D eigenvalue weighted by atomic mass is 16.5. The number of rotatable bonds is 5. The van der Waals surface area contributed by atoms with Crippen LogP contribution in [0.5, 0.6) is 0 Å². The van der Waals surface area contributed by atoms with Crippen LogP contribution in [0.25, 0.3) is 0 Å². The maximum atomic E-state index is 11.6. The molecule has 4 heteroatoms. The molecule has 0 aromatic rings. The Hall–Kier alpha value is -0.610. The third-order valence-corrected chi connectivity index (χ3v) is 3.01. The molecule has 1 unspecified atom stereocenters. The van der Waals surface area contributed by atoms with E-state index >= 15 is 0 Å². The van der Waals surface area contributed by atoms with E-state index in [-0.39, 0.29) is 12.0 Å². The van der Waals surface area contributed by atoms with Crippen molar-refractivity contribution in [1.29, 1.82) is 0 Å². The highest BCUT2D eigenvalue weighted by Crippen LogP contribution is 2.33. The van der Waals surface area contributed by atoms with Crippen molar-refractivity contribution in [3.05, 3.63) is 0 Å². The summed E-state index contributed by atoms with van der Waals surface area (Å²) >= 11 is 0. The van der Waals surface area contributed by atoms with E-state index in [4.69, 9.17) is 4.74 Å². The smallest absolute Gasteiger partial charge is 0.250 e. The Labute approximate surface area is 90.8 Å². The van der Waals surface area contributed by atoms with E-state index in [9.17, 15) is 4.79 Å². The molecule has 2 rings (SSSR count). The number of hydrogen-bond acceptors (Lipinski definition) is 3. The van der Waals surface area contributed by atoms with Crippen molar-refractivity contribution < 1.29 is 9.53 Å². The van der Waals surface area contributed by atoms with Crippen molar-refractivity contribution in [3.63, 3.8) is 0 Å². The van der Waals surface area contributed by atoms with Gasteiger partial charge in [0.15, 0.2) is 0 Å². The fourth-order valence-electron chi connectivity index (χ4n) is 1.86. The van der Waals surface area contributed by atoms with Gasteiger partial charge in [-0.15, -0.1) is 0 Å². The Morgan fingerprint density at radius 3 is 3.00 bits per heavy atom. The van der Waals surface area contributed by atoms with Crippen molar-refractivity contribution in [2.75, 3.05) is 26.2 Å². The highest BCUT2D eigenvalue weighted by molar-refractivity contribution is 5.81. The predicted octanol–water partition coefficient (Wildman–Crippen LogP) is 0.281. The van der Waals surface area contributed by atoms with E-state index in [0.717, 1.165) is 25.4 Å². The molecule has 1 heterocycles. The second kappa shape index (κ2) is 5.47. The molecule has 1 aliphatic carbocycles. The second-order valence-electron chi connectivity index (χ2n) is 4.44. The van der Waals surface area contributed by atoms with Crippen LogP contribution in [0.4, 0.5) is 0 Å². The fraction of sp³-hybridized carbons (Fsp3) is 0.909. The summed E-state index contributed by atoms with van der Waals surface area (Å²) in [5.74, 6) is 0.993. The molecule has 0 aromatic carbocycles. The van der Waals surface area contributed by atoms with E-state index in [1.54, 1.807) is 0 Å². The SMILES string of the molecule is O=C(NCCCC1CC1)C1CNCCO1. The molecular formula is C11H20N2O2. The summed E-state index contributed by atoms with van der Waals surface area (Å²) in [5.41, 5.74) is 0. The summed E-state index contributed by atoms with van der Waals surface area (Å²) in [4.78, 5) is 11.6. The van der Waals surface area contributed by atoms with E-state index < -0.39 is 0 Å². The van der Waals surface area contributed by atoms with Gasteiger partial charge in [0.25, 0.3) is 0 Å². The number of nitrogens with one attached hydrogen (secondary N) is 2. The minimum atomic E-state index is -0.278. The molecule has 0 aromatic heterocycles. The number of carbonyl (C=O) groups excluding carboxylic acids is 1. The van der Waals surface area contributed by atoms with Gasteiger partial charge in [0, 0.05) is 19.6 Å². The zero-order chi connectivity index (χ0) is 10.5. The molecule has 2 fully saturated rings. The van der Waals surface area contributed by atoms with Crippen molar-refractivity contribution in [2.45, 2.75) is 31.8 Å². The van der Waals surface area contributed by atoms with Crippen LogP contribution in [0.1, 0.15) is 25.7 Å². The molecule has 2 N–H and O–H groups in total. The van der Waals surface area contributed by atoms with Gasteiger partial charge in [-0.2, -0.15) is 0 Å². The third-order valence-electron chi connectivity index (χ3n) is 3.01. The lowest BCUT2D eigenvalue weighted by molar-refractivity contribution is -0.134. The van der Waals surface area contributed by atoms with Crippen molar-refractivity contribution in [3.8, 4) is 0 Å². The lowest BCUT2D eigenvalue weighted by atomic mass is 10.2.